The maximum atomic E-state index is 5.80. The Hall–Kier alpha value is -1.46. The van der Waals surface area contributed by atoms with Gasteiger partial charge in [-0.25, -0.2) is 4.98 Å². The highest BCUT2D eigenvalue weighted by atomic mass is 32.1. The number of anilines is 1. The number of nitrogens with zero attached hydrogens (tertiary/aromatic N) is 3. The summed E-state index contributed by atoms with van der Waals surface area (Å²) in [5, 5.41) is 1.03. The summed E-state index contributed by atoms with van der Waals surface area (Å²) in [5.41, 5.74) is 8.16. The van der Waals surface area contributed by atoms with Gasteiger partial charge >= 0.3 is 0 Å². The predicted molar refractivity (Wildman–Crippen MR) is 80.4 cm³/mol. The molecule has 0 aliphatic heterocycles. The van der Waals surface area contributed by atoms with Gasteiger partial charge in [0, 0.05) is 37.4 Å². The van der Waals surface area contributed by atoms with Crippen LogP contribution in [0.5, 0.6) is 0 Å². The molecule has 0 atom stereocenters. The molecule has 0 saturated heterocycles. The Bertz CT molecular complexity index is 521. The van der Waals surface area contributed by atoms with E-state index in [1.54, 1.807) is 11.3 Å². The Morgan fingerprint density at radius 1 is 1.32 bits per heavy atom. The quantitative estimate of drug-likeness (QED) is 0.912. The smallest absolute Gasteiger partial charge is 0.185 e. The van der Waals surface area contributed by atoms with Crippen LogP contribution < -0.4 is 10.6 Å². The van der Waals surface area contributed by atoms with Gasteiger partial charge in [0.2, 0.25) is 0 Å². The number of nitrogens with two attached hydrogens (primary N) is 1. The Labute approximate surface area is 118 Å². The second-order valence-electron chi connectivity index (χ2n) is 4.88. The van der Waals surface area contributed by atoms with Crippen molar-refractivity contribution in [2.24, 2.45) is 5.73 Å². The van der Waals surface area contributed by atoms with Crippen LogP contribution in [0.1, 0.15) is 35.9 Å². The molecule has 0 unspecified atom stereocenters. The Balaban J connectivity index is 2.17. The summed E-state index contributed by atoms with van der Waals surface area (Å²) >= 11 is 1.69. The van der Waals surface area contributed by atoms with Crippen molar-refractivity contribution in [1.29, 1.82) is 0 Å². The molecule has 0 saturated carbocycles. The molecule has 0 fully saturated rings. The van der Waals surface area contributed by atoms with Gasteiger partial charge in [0.05, 0.1) is 5.69 Å². The number of hydrogen-bond acceptors (Lipinski definition) is 5. The molecule has 2 rings (SSSR count). The van der Waals surface area contributed by atoms with Crippen LogP contribution in [0.4, 0.5) is 5.13 Å². The SMILES string of the molecule is CC(C)c1nc(N(C)Cc2ccncc2)sc1CN. The van der Waals surface area contributed by atoms with Crippen molar-refractivity contribution in [2.75, 3.05) is 11.9 Å². The van der Waals surface area contributed by atoms with E-state index in [-0.39, 0.29) is 0 Å². The van der Waals surface area contributed by atoms with Crippen molar-refractivity contribution in [3.63, 3.8) is 0 Å². The molecule has 0 spiro atoms. The van der Waals surface area contributed by atoms with Gasteiger partial charge in [0.1, 0.15) is 0 Å². The van der Waals surface area contributed by atoms with Crippen LogP contribution in [0.2, 0.25) is 0 Å². The monoisotopic (exact) mass is 276 g/mol. The third-order valence-corrected chi connectivity index (χ3v) is 4.15. The first-order chi connectivity index (χ1) is 9.11. The number of pyridine rings is 1. The maximum absolute atomic E-state index is 5.80. The molecule has 0 radical (unpaired) electrons. The lowest BCUT2D eigenvalue weighted by Crippen LogP contribution is -2.16. The maximum Gasteiger partial charge on any atom is 0.185 e. The minimum atomic E-state index is 0.415. The van der Waals surface area contributed by atoms with E-state index >= 15 is 0 Å². The summed E-state index contributed by atoms with van der Waals surface area (Å²) in [5.74, 6) is 0.415. The van der Waals surface area contributed by atoms with Crippen LogP contribution in [0, 0.1) is 0 Å². The molecule has 2 heterocycles. The summed E-state index contributed by atoms with van der Waals surface area (Å²) in [6, 6.07) is 4.05. The molecule has 2 N–H and O–H groups in total. The largest absolute Gasteiger partial charge is 0.347 e. The predicted octanol–water partition coefficient (Wildman–Crippen LogP) is 2.76. The summed E-state index contributed by atoms with van der Waals surface area (Å²) in [4.78, 5) is 12.1. The zero-order valence-electron chi connectivity index (χ0n) is 11.6. The van der Waals surface area contributed by atoms with E-state index in [2.05, 4.69) is 30.8 Å². The van der Waals surface area contributed by atoms with Gasteiger partial charge in [-0.1, -0.05) is 13.8 Å². The van der Waals surface area contributed by atoms with Crippen LogP contribution in [0.25, 0.3) is 0 Å². The highest BCUT2D eigenvalue weighted by Gasteiger charge is 2.15. The van der Waals surface area contributed by atoms with Gasteiger partial charge in [-0.3, -0.25) is 4.98 Å². The topological polar surface area (TPSA) is 55.0 Å². The van der Waals surface area contributed by atoms with Crippen LogP contribution in [0.15, 0.2) is 24.5 Å². The highest BCUT2D eigenvalue weighted by molar-refractivity contribution is 7.15. The second-order valence-corrected chi connectivity index (χ2v) is 5.94. The average molecular weight is 276 g/mol. The molecule has 0 aliphatic rings. The minimum absolute atomic E-state index is 0.415. The van der Waals surface area contributed by atoms with E-state index in [1.807, 2.05) is 24.5 Å². The molecule has 0 aromatic carbocycles. The summed E-state index contributed by atoms with van der Waals surface area (Å²) in [7, 11) is 2.06. The lowest BCUT2D eigenvalue weighted by molar-refractivity contribution is 0.804. The molecule has 4 nitrogen and oxygen atoms in total. The van der Waals surface area contributed by atoms with Crippen molar-refractivity contribution in [2.45, 2.75) is 32.9 Å². The van der Waals surface area contributed by atoms with Crippen LogP contribution >= 0.6 is 11.3 Å². The molecular weight excluding hydrogens is 256 g/mol. The first-order valence-electron chi connectivity index (χ1n) is 6.41. The number of aromatic nitrogens is 2. The highest BCUT2D eigenvalue weighted by Crippen LogP contribution is 2.30. The van der Waals surface area contributed by atoms with Crippen LogP contribution in [-0.4, -0.2) is 17.0 Å². The van der Waals surface area contributed by atoms with Crippen molar-refractivity contribution < 1.29 is 0 Å². The Morgan fingerprint density at radius 2 is 2.00 bits per heavy atom. The molecule has 2 aromatic rings. The summed E-state index contributed by atoms with van der Waals surface area (Å²) in [6.07, 6.45) is 3.63. The number of rotatable bonds is 5. The fraction of sp³-hybridized carbons (Fsp3) is 0.429. The first-order valence-corrected chi connectivity index (χ1v) is 7.23. The van der Waals surface area contributed by atoms with E-state index in [4.69, 9.17) is 10.7 Å². The van der Waals surface area contributed by atoms with Crippen LogP contribution in [-0.2, 0) is 13.1 Å². The first kappa shape index (κ1) is 14.0. The van der Waals surface area contributed by atoms with E-state index in [1.165, 1.54) is 10.4 Å². The molecule has 102 valence electrons. The standard InChI is InChI=1S/C14H20N4S/c1-10(2)13-12(8-15)19-14(17-13)18(3)9-11-4-6-16-7-5-11/h4-7,10H,8-9,15H2,1-3H3. The van der Waals surface area contributed by atoms with E-state index in [9.17, 15) is 0 Å². The van der Waals surface area contributed by atoms with Crippen molar-refractivity contribution in [3.05, 3.63) is 40.7 Å². The zero-order valence-corrected chi connectivity index (χ0v) is 12.4. The molecule has 5 heteroatoms. The Kier molecular flexibility index (Phi) is 4.50. The van der Waals surface area contributed by atoms with Gasteiger partial charge in [-0.05, 0) is 23.6 Å². The summed E-state index contributed by atoms with van der Waals surface area (Å²) in [6.45, 7) is 5.70. The lowest BCUT2D eigenvalue weighted by atomic mass is 10.1. The summed E-state index contributed by atoms with van der Waals surface area (Å²) < 4.78 is 0. The van der Waals surface area contributed by atoms with Gasteiger partial charge < -0.3 is 10.6 Å². The van der Waals surface area contributed by atoms with E-state index in [0.717, 1.165) is 17.4 Å². The number of hydrogen-bond donors (Lipinski definition) is 1. The average Bonchev–Trinajstić information content (AvgIpc) is 2.84. The molecule has 2 aromatic heterocycles. The lowest BCUT2D eigenvalue weighted by Gasteiger charge is -2.15. The van der Waals surface area contributed by atoms with Crippen molar-refractivity contribution in [1.82, 2.24) is 9.97 Å². The number of thiazole rings is 1. The fourth-order valence-corrected chi connectivity index (χ4v) is 2.99. The molecular formula is C14H20N4S. The third kappa shape index (κ3) is 3.30. The third-order valence-electron chi connectivity index (χ3n) is 2.94. The normalized spacial score (nSPS) is 11.0. The molecule has 0 amide bonds. The minimum Gasteiger partial charge on any atom is -0.347 e. The van der Waals surface area contributed by atoms with E-state index in [0.29, 0.717) is 12.5 Å². The van der Waals surface area contributed by atoms with Gasteiger partial charge in [0.25, 0.3) is 0 Å². The van der Waals surface area contributed by atoms with Gasteiger partial charge in [0.15, 0.2) is 5.13 Å². The van der Waals surface area contributed by atoms with Gasteiger partial charge in [-0.2, -0.15) is 0 Å². The molecule has 0 bridgehead atoms. The van der Waals surface area contributed by atoms with Gasteiger partial charge in [-0.15, -0.1) is 11.3 Å². The van der Waals surface area contributed by atoms with Crippen molar-refractivity contribution >= 4 is 16.5 Å². The van der Waals surface area contributed by atoms with Crippen LogP contribution in [0.3, 0.4) is 0 Å². The molecule has 19 heavy (non-hydrogen) atoms. The van der Waals surface area contributed by atoms with E-state index < -0.39 is 0 Å². The second kappa shape index (κ2) is 6.12. The zero-order chi connectivity index (χ0) is 13.8. The molecule has 0 aliphatic carbocycles. The Morgan fingerprint density at radius 3 is 2.53 bits per heavy atom. The van der Waals surface area contributed by atoms with Crippen molar-refractivity contribution in [3.8, 4) is 0 Å². The fourth-order valence-electron chi connectivity index (χ4n) is 1.94.